The van der Waals surface area contributed by atoms with Gasteiger partial charge in [0.05, 0.1) is 19.1 Å². The van der Waals surface area contributed by atoms with E-state index in [-0.39, 0.29) is 6.42 Å². The minimum Gasteiger partial charge on any atom is -0.394 e. The molecule has 0 aromatic carbocycles. The lowest BCUT2D eigenvalue weighted by Gasteiger charge is -2.29. The van der Waals surface area contributed by atoms with E-state index in [1.165, 1.54) is 0 Å². The molecule has 6 nitrogen and oxygen atoms in total. The molecule has 0 spiro atoms. The van der Waals surface area contributed by atoms with E-state index in [0.717, 1.165) is 0 Å². The lowest BCUT2D eigenvalue weighted by Crippen LogP contribution is -2.43. The zero-order valence-electron chi connectivity index (χ0n) is 10.1. The number of aliphatic hydroxyl groups excluding tert-OH is 2. The SMILES string of the molecule is O=C1CC(=O)N([C@H]2C[C@H](O)[C@@H](CO)O2)C=C1C(F)(F)F. The minimum absolute atomic E-state index is 0.132. The second-order valence-corrected chi connectivity index (χ2v) is 4.56. The number of carbonyl (C=O) groups excluding carboxylic acids is 2. The topological polar surface area (TPSA) is 87.1 Å². The van der Waals surface area contributed by atoms with E-state index in [4.69, 9.17) is 9.84 Å². The number of halogens is 3. The Morgan fingerprint density at radius 2 is 2.05 bits per heavy atom. The van der Waals surface area contributed by atoms with Crippen LogP contribution in [-0.2, 0) is 14.3 Å². The smallest absolute Gasteiger partial charge is 0.394 e. The van der Waals surface area contributed by atoms with Gasteiger partial charge in [0.2, 0.25) is 5.91 Å². The van der Waals surface area contributed by atoms with Gasteiger partial charge in [-0.3, -0.25) is 14.5 Å². The van der Waals surface area contributed by atoms with Crippen LogP contribution in [0, 0.1) is 0 Å². The number of hydrogen-bond donors (Lipinski definition) is 2. The predicted octanol–water partition coefficient (Wildman–Crippen LogP) is -0.298. The zero-order valence-corrected chi connectivity index (χ0v) is 10.1. The molecule has 2 heterocycles. The van der Waals surface area contributed by atoms with Crippen molar-refractivity contribution < 1.29 is 37.7 Å². The van der Waals surface area contributed by atoms with Crippen molar-refractivity contribution in [2.75, 3.05) is 6.61 Å². The Morgan fingerprint density at radius 3 is 2.55 bits per heavy atom. The number of ketones is 1. The Morgan fingerprint density at radius 1 is 1.40 bits per heavy atom. The highest BCUT2D eigenvalue weighted by molar-refractivity contribution is 6.10. The molecule has 0 radical (unpaired) electrons. The van der Waals surface area contributed by atoms with Crippen molar-refractivity contribution in [3.8, 4) is 0 Å². The van der Waals surface area contributed by atoms with Crippen molar-refractivity contribution in [3.63, 3.8) is 0 Å². The van der Waals surface area contributed by atoms with Gasteiger partial charge in [0, 0.05) is 12.6 Å². The van der Waals surface area contributed by atoms with Crippen molar-refractivity contribution in [1.82, 2.24) is 4.90 Å². The number of rotatable bonds is 2. The van der Waals surface area contributed by atoms with Gasteiger partial charge in [-0.2, -0.15) is 13.2 Å². The summed E-state index contributed by atoms with van der Waals surface area (Å²) in [6.07, 6.45) is -8.65. The highest BCUT2D eigenvalue weighted by Crippen LogP contribution is 2.33. The van der Waals surface area contributed by atoms with Gasteiger partial charge < -0.3 is 14.9 Å². The van der Waals surface area contributed by atoms with Crippen LogP contribution >= 0.6 is 0 Å². The highest BCUT2D eigenvalue weighted by Gasteiger charge is 2.46. The Kier molecular flexibility index (Phi) is 3.85. The molecule has 2 N–H and O–H groups in total. The van der Waals surface area contributed by atoms with Gasteiger partial charge in [-0.25, -0.2) is 0 Å². The second-order valence-electron chi connectivity index (χ2n) is 4.56. The summed E-state index contributed by atoms with van der Waals surface area (Å²) >= 11 is 0. The molecule has 0 saturated carbocycles. The molecule has 0 bridgehead atoms. The number of aliphatic hydroxyl groups is 2. The number of Topliss-reactive ketones (excluding diaryl/α,β-unsaturated/α-hetero) is 1. The Balaban J connectivity index is 2.25. The number of hydrogen-bond acceptors (Lipinski definition) is 5. The molecule has 9 heteroatoms. The van der Waals surface area contributed by atoms with Gasteiger partial charge in [0.15, 0.2) is 5.78 Å². The van der Waals surface area contributed by atoms with Crippen molar-refractivity contribution in [2.24, 2.45) is 0 Å². The molecule has 0 unspecified atom stereocenters. The summed E-state index contributed by atoms with van der Waals surface area (Å²) in [5.74, 6) is -2.13. The van der Waals surface area contributed by atoms with Crippen molar-refractivity contribution in [1.29, 1.82) is 0 Å². The lowest BCUT2D eigenvalue weighted by atomic mass is 10.0. The molecule has 20 heavy (non-hydrogen) atoms. The first-order valence-electron chi connectivity index (χ1n) is 5.81. The molecule has 1 amide bonds. The quantitative estimate of drug-likeness (QED) is 0.683. The van der Waals surface area contributed by atoms with E-state index < -0.39 is 54.9 Å². The van der Waals surface area contributed by atoms with Crippen LogP contribution in [0.1, 0.15) is 12.8 Å². The maximum atomic E-state index is 12.6. The predicted molar refractivity (Wildman–Crippen MR) is 57.0 cm³/mol. The third-order valence-corrected chi connectivity index (χ3v) is 3.17. The molecule has 0 aromatic heterocycles. The fourth-order valence-corrected chi connectivity index (χ4v) is 2.13. The molecular formula is C11H12F3NO5. The summed E-state index contributed by atoms with van der Waals surface area (Å²) in [4.78, 5) is 23.5. The molecule has 2 rings (SSSR count). The molecule has 1 fully saturated rings. The Bertz CT molecular complexity index is 461. The fourth-order valence-electron chi connectivity index (χ4n) is 2.13. The van der Waals surface area contributed by atoms with E-state index in [1.807, 2.05) is 0 Å². The van der Waals surface area contributed by atoms with Crippen LogP contribution in [0.3, 0.4) is 0 Å². The number of ether oxygens (including phenoxy) is 1. The van der Waals surface area contributed by atoms with E-state index in [2.05, 4.69) is 0 Å². The first-order chi connectivity index (χ1) is 9.24. The van der Waals surface area contributed by atoms with Gasteiger partial charge in [0.25, 0.3) is 0 Å². The van der Waals surface area contributed by atoms with Crippen LogP contribution in [0.2, 0.25) is 0 Å². The van der Waals surface area contributed by atoms with Crippen molar-refractivity contribution in [2.45, 2.75) is 37.5 Å². The van der Waals surface area contributed by atoms with E-state index in [9.17, 15) is 27.9 Å². The highest BCUT2D eigenvalue weighted by atomic mass is 19.4. The third-order valence-electron chi connectivity index (χ3n) is 3.17. The first-order valence-corrected chi connectivity index (χ1v) is 5.81. The van der Waals surface area contributed by atoms with Crippen LogP contribution in [0.25, 0.3) is 0 Å². The van der Waals surface area contributed by atoms with Crippen molar-refractivity contribution >= 4 is 11.7 Å². The standard InChI is InChI=1S/C11H12F3NO5/c12-11(13,14)5-3-15(9(19)1-6(5)17)10-2-7(18)8(4-16)20-10/h3,7-8,10,16,18H,1-2,4H2/t7-,8+,10+/m0/s1. The van der Waals surface area contributed by atoms with Crippen LogP contribution in [0.4, 0.5) is 13.2 Å². The summed E-state index contributed by atoms with van der Waals surface area (Å²) < 4.78 is 43.0. The van der Waals surface area contributed by atoms with E-state index in [1.54, 1.807) is 0 Å². The largest absolute Gasteiger partial charge is 0.421 e. The number of allylic oxidation sites excluding steroid dienone is 1. The third kappa shape index (κ3) is 2.69. The van der Waals surface area contributed by atoms with E-state index >= 15 is 0 Å². The van der Waals surface area contributed by atoms with Crippen molar-refractivity contribution in [3.05, 3.63) is 11.8 Å². The molecule has 0 aromatic rings. The van der Waals surface area contributed by atoms with E-state index in [0.29, 0.717) is 11.1 Å². The summed E-state index contributed by atoms with van der Waals surface area (Å²) in [7, 11) is 0. The number of amides is 1. The Labute approximate surface area is 111 Å². The van der Waals surface area contributed by atoms with Gasteiger partial charge >= 0.3 is 6.18 Å². The maximum Gasteiger partial charge on any atom is 0.421 e. The molecule has 112 valence electrons. The number of alkyl halides is 3. The molecular weight excluding hydrogens is 283 g/mol. The number of nitrogens with zero attached hydrogens (tertiary/aromatic N) is 1. The van der Waals surface area contributed by atoms with Gasteiger partial charge in [-0.1, -0.05) is 0 Å². The van der Waals surface area contributed by atoms with Crippen LogP contribution in [-0.4, -0.2) is 58.0 Å². The summed E-state index contributed by atoms with van der Waals surface area (Å²) in [6.45, 7) is -0.519. The normalized spacial score (nSPS) is 31.8. The summed E-state index contributed by atoms with van der Waals surface area (Å²) in [5.41, 5.74) is -1.43. The summed E-state index contributed by atoms with van der Waals surface area (Å²) in [5, 5.41) is 18.4. The van der Waals surface area contributed by atoms with Gasteiger partial charge in [0.1, 0.15) is 17.9 Å². The van der Waals surface area contributed by atoms with Gasteiger partial charge in [-0.05, 0) is 0 Å². The molecule has 1 saturated heterocycles. The molecule has 2 aliphatic heterocycles. The average Bonchev–Trinajstić information content (AvgIpc) is 2.68. The summed E-state index contributed by atoms with van der Waals surface area (Å²) in [6, 6.07) is 0. The second kappa shape index (κ2) is 5.15. The monoisotopic (exact) mass is 295 g/mol. The minimum atomic E-state index is -4.86. The van der Waals surface area contributed by atoms with Crippen LogP contribution < -0.4 is 0 Å². The first kappa shape index (κ1) is 14.9. The number of carbonyl (C=O) groups is 2. The van der Waals surface area contributed by atoms with Crippen LogP contribution in [0.15, 0.2) is 11.8 Å². The molecule has 0 aliphatic carbocycles. The van der Waals surface area contributed by atoms with Gasteiger partial charge in [-0.15, -0.1) is 0 Å². The zero-order chi connectivity index (χ0) is 15.1. The lowest BCUT2D eigenvalue weighted by molar-refractivity contribution is -0.149. The molecule has 2 aliphatic rings. The Hall–Kier alpha value is -1.45. The average molecular weight is 295 g/mol. The molecule has 3 atom stereocenters. The van der Waals surface area contributed by atoms with Crippen LogP contribution in [0.5, 0.6) is 0 Å². The maximum absolute atomic E-state index is 12.6. The fraction of sp³-hybridized carbons (Fsp3) is 0.636.